The van der Waals surface area contributed by atoms with E-state index in [2.05, 4.69) is 0 Å². The summed E-state index contributed by atoms with van der Waals surface area (Å²) in [6.07, 6.45) is 0.229. The fourth-order valence-electron chi connectivity index (χ4n) is 1.43. The average molecular weight is 239 g/mol. The molecule has 1 amide bonds. The Balaban J connectivity index is 3.13. The summed E-state index contributed by atoms with van der Waals surface area (Å²) >= 11 is 0. The van der Waals surface area contributed by atoms with Crippen LogP contribution in [0.15, 0.2) is 18.2 Å². The van der Waals surface area contributed by atoms with E-state index in [0.717, 1.165) is 6.07 Å². The molecule has 0 fully saturated rings. The van der Waals surface area contributed by atoms with Crippen molar-refractivity contribution in [2.45, 2.75) is 12.5 Å². The predicted molar refractivity (Wildman–Crippen MR) is 60.4 cm³/mol. The zero-order chi connectivity index (χ0) is 13.0. The molecule has 1 unspecified atom stereocenters. The summed E-state index contributed by atoms with van der Waals surface area (Å²) in [6.45, 7) is -0.241. The van der Waals surface area contributed by atoms with E-state index in [0.29, 0.717) is 5.56 Å². The number of amides is 1. The van der Waals surface area contributed by atoms with Gasteiger partial charge in [0.1, 0.15) is 0 Å². The molecule has 0 bridgehead atoms. The molecule has 17 heavy (non-hydrogen) atoms. The zero-order valence-electron chi connectivity index (χ0n) is 9.00. The Morgan fingerprint density at radius 2 is 2.18 bits per heavy atom. The highest BCUT2D eigenvalue weighted by Gasteiger charge is 2.16. The van der Waals surface area contributed by atoms with Gasteiger partial charge in [0.15, 0.2) is 0 Å². The van der Waals surface area contributed by atoms with Crippen LogP contribution in [0.1, 0.15) is 15.9 Å². The topological polar surface area (TPSA) is 132 Å². The number of hydrogen-bond acceptors (Lipinski definition) is 5. The van der Waals surface area contributed by atoms with Gasteiger partial charge in [0.05, 0.1) is 11.5 Å². The first-order chi connectivity index (χ1) is 7.95. The van der Waals surface area contributed by atoms with Crippen molar-refractivity contribution in [1.82, 2.24) is 0 Å². The van der Waals surface area contributed by atoms with E-state index in [4.69, 9.17) is 16.6 Å². The molecule has 0 aliphatic heterocycles. The van der Waals surface area contributed by atoms with Crippen molar-refractivity contribution in [1.29, 1.82) is 0 Å². The number of primary amides is 1. The summed E-state index contributed by atoms with van der Waals surface area (Å²) in [4.78, 5) is 21.1. The number of aliphatic hydroxyl groups is 1. The lowest BCUT2D eigenvalue weighted by Crippen LogP contribution is -2.28. The highest BCUT2D eigenvalue weighted by atomic mass is 16.6. The highest BCUT2D eigenvalue weighted by molar-refractivity contribution is 5.95. The predicted octanol–water partition coefficient (Wildman–Crippen LogP) is -0.444. The summed E-state index contributed by atoms with van der Waals surface area (Å²) in [7, 11) is 0. The Kier molecular flexibility index (Phi) is 4.13. The summed E-state index contributed by atoms with van der Waals surface area (Å²) in [5, 5.41) is 19.4. The first-order valence-electron chi connectivity index (χ1n) is 4.89. The number of carbonyl (C=O) groups excluding carboxylic acids is 1. The third kappa shape index (κ3) is 3.23. The molecule has 92 valence electrons. The third-order valence-corrected chi connectivity index (χ3v) is 2.29. The standard InChI is InChI=1S/C10H13N3O4/c11-7(5-14)3-6-1-2-8(13(16)17)4-9(6)10(12)15/h1-2,4,7,14H,3,5,11H2,(H2,12,15). The number of nitrogens with zero attached hydrogens (tertiary/aromatic N) is 1. The molecule has 7 nitrogen and oxygen atoms in total. The summed E-state index contributed by atoms with van der Waals surface area (Å²) in [5.41, 5.74) is 11.0. The molecular weight excluding hydrogens is 226 g/mol. The minimum absolute atomic E-state index is 0.0584. The molecule has 1 rings (SSSR count). The van der Waals surface area contributed by atoms with Crippen LogP contribution in [0.4, 0.5) is 5.69 Å². The number of hydrogen-bond donors (Lipinski definition) is 3. The molecule has 0 aliphatic carbocycles. The molecule has 0 aromatic heterocycles. The van der Waals surface area contributed by atoms with Crippen LogP contribution in [-0.2, 0) is 6.42 Å². The van der Waals surface area contributed by atoms with E-state index in [9.17, 15) is 14.9 Å². The van der Waals surface area contributed by atoms with Gasteiger partial charge in [0.2, 0.25) is 5.91 Å². The Morgan fingerprint density at radius 1 is 1.53 bits per heavy atom. The van der Waals surface area contributed by atoms with Crippen molar-refractivity contribution in [2.24, 2.45) is 11.5 Å². The molecule has 1 aromatic carbocycles. The molecule has 1 aromatic rings. The number of non-ortho nitro benzene ring substituents is 1. The molecule has 0 aliphatic rings. The van der Waals surface area contributed by atoms with Crippen LogP contribution < -0.4 is 11.5 Å². The zero-order valence-corrected chi connectivity index (χ0v) is 9.00. The van der Waals surface area contributed by atoms with Gasteiger partial charge in [-0.2, -0.15) is 0 Å². The van der Waals surface area contributed by atoms with Gasteiger partial charge in [-0.05, 0) is 12.0 Å². The van der Waals surface area contributed by atoms with Crippen molar-refractivity contribution >= 4 is 11.6 Å². The number of rotatable bonds is 5. The van der Waals surface area contributed by atoms with Crippen LogP contribution in [0.3, 0.4) is 0 Å². The van der Waals surface area contributed by atoms with Crippen molar-refractivity contribution in [3.63, 3.8) is 0 Å². The monoisotopic (exact) mass is 239 g/mol. The van der Waals surface area contributed by atoms with Gasteiger partial charge in [0.25, 0.3) is 5.69 Å². The second-order valence-electron chi connectivity index (χ2n) is 3.61. The maximum Gasteiger partial charge on any atom is 0.270 e. The Hall–Kier alpha value is -1.99. The van der Waals surface area contributed by atoms with Crippen molar-refractivity contribution in [3.05, 3.63) is 39.4 Å². The lowest BCUT2D eigenvalue weighted by Gasteiger charge is -2.10. The fourth-order valence-corrected chi connectivity index (χ4v) is 1.43. The minimum Gasteiger partial charge on any atom is -0.395 e. The second kappa shape index (κ2) is 5.37. The van der Waals surface area contributed by atoms with E-state index < -0.39 is 16.9 Å². The first-order valence-corrected chi connectivity index (χ1v) is 4.89. The fraction of sp³-hybridized carbons (Fsp3) is 0.300. The molecular formula is C10H13N3O4. The van der Waals surface area contributed by atoms with Crippen LogP contribution in [0.2, 0.25) is 0 Å². The second-order valence-corrected chi connectivity index (χ2v) is 3.61. The highest BCUT2D eigenvalue weighted by Crippen LogP contribution is 2.18. The minimum atomic E-state index is -0.756. The summed E-state index contributed by atoms with van der Waals surface area (Å²) in [6, 6.07) is 3.27. The van der Waals surface area contributed by atoms with Crippen LogP contribution in [-0.4, -0.2) is 28.6 Å². The van der Waals surface area contributed by atoms with Crippen molar-refractivity contribution in [2.75, 3.05) is 6.61 Å². The normalized spacial score (nSPS) is 12.1. The SMILES string of the molecule is NC(=O)c1cc([N+](=O)[O-])ccc1CC(N)CO. The molecule has 7 heteroatoms. The summed E-state index contributed by atoms with van der Waals surface area (Å²) in [5.74, 6) is -0.756. The number of nitrogens with two attached hydrogens (primary N) is 2. The lowest BCUT2D eigenvalue weighted by atomic mass is 10.00. The summed E-state index contributed by atoms with van der Waals surface area (Å²) < 4.78 is 0. The van der Waals surface area contributed by atoms with Crippen LogP contribution in [0.25, 0.3) is 0 Å². The van der Waals surface area contributed by atoms with E-state index >= 15 is 0 Å². The number of nitro groups is 1. The van der Waals surface area contributed by atoms with Gasteiger partial charge in [-0.15, -0.1) is 0 Å². The molecule has 0 saturated carbocycles. The first kappa shape index (κ1) is 13.1. The molecule has 1 atom stereocenters. The maximum absolute atomic E-state index is 11.2. The number of carbonyl (C=O) groups is 1. The lowest BCUT2D eigenvalue weighted by molar-refractivity contribution is -0.384. The maximum atomic E-state index is 11.2. The number of aliphatic hydroxyl groups excluding tert-OH is 1. The molecule has 0 spiro atoms. The van der Waals surface area contributed by atoms with E-state index in [-0.39, 0.29) is 24.3 Å². The van der Waals surface area contributed by atoms with Gasteiger partial charge in [-0.25, -0.2) is 0 Å². The Labute approximate surface area is 97.2 Å². The average Bonchev–Trinajstić information content (AvgIpc) is 2.28. The molecule has 0 saturated heterocycles. The largest absolute Gasteiger partial charge is 0.395 e. The van der Waals surface area contributed by atoms with Gasteiger partial charge in [-0.3, -0.25) is 14.9 Å². The Bertz CT molecular complexity index is 447. The smallest absolute Gasteiger partial charge is 0.270 e. The van der Waals surface area contributed by atoms with Crippen molar-refractivity contribution < 1.29 is 14.8 Å². The van der Waals surface area contributed by atoms with Gasteiger partial charge in [0, 0.05) is 23.7 Å². The number of nitro benzene ring substituents is 1. The Morgan fingerprint density at radius 3 is 2.65 bits per heavy atom. The van der Waals surface area contributed by atoms with Gasteiger partial charge < -0.3 is 16.6 Å². The third-order valence-electron chi connectivity index (χ3n) is 2.29. The van der Waals surface area contributed by atoms with Crippen LogP contribution >= 0.6 is 0 Å². The van der Waals surface area contributed by atoms with Crippen molar-refractivity contribution in [3.8, 4) is 0 Å². The van der Waals surface area contributed by atoms with E-state index in [1.165, 1.54) is 12.1 Å². The molecule has 5 N–H and O–H groups in total. The van der Waals surface area contributed by atoms with E-state index in [1.807, 2.05) is 0 Å². The quantitative estimate of drug-likeness (QED) is 0.473. The van der Waals surface area contributed by atoms with Gasteiger partial charge >= 0.3 is 0 Å². The van der Waals surface area contributed by atoms with Gasteiger partial charge in [-0.1, -0.05) is 6.07 Å². The molecule has 0 radical (unpaired) electrons. The van der Waals surface area contributed by atoms with Crippen LogP contribution in [0.5, 0.6) is 0 Å². The molecule has 0 heterocycles. The van der Waals surface area contributed by atoms with Crippen LogP contribution in [0, 0.1) is 10.1 Å². The number of benzene rings is 1. The van der Waals surface area contributed by atoms with E-state index in [1.54, 1.807) is 0 Å².